The van der Waals surface area contributed by atoms with Crippen molar-refractivity contribution < 1.29 is 28.7 Å². The zero-order valence-electron chi connectivity index (χ0n) is 23.0. The summed E-state index contributed by atoms with van der Waals surface area (Å²) in [6.45, 7) is 10.9. The average molecular weight is 516 g/mol. The maximum atomic E-state index is 13.9. The third-order valence-corrected chi connectivity index (χ3v) is 11.5. The molecule has 0 aromatic rings. The predicted molar refractivity (Wildman–Crippen MR) is 138 cm³/mol. The Morgan fingerprint density at radius 1 is 1.08 bits per heavy atom. The molecule has 7 nitrogen and oxygen atoms in total. The summed E-state index contributed by atoms with van der Waals surface area (Å²) in [6.07, 6.45) is 5.80. The Balaban J connectivity index is 1.20. The van der Waals surface area contributed by atoms with Gasteiger partial charge >= 0.3 is 5.97 Å². The second-order valence-electron chi connectivity index (χ2n) is 13.1. The molecule has 5 aliphatic rings. The lowest BCUT2D eigenvalue weighted by Gasteiger charge is -2.58. The van der Waals surface area contributed by atoms with E-state index in [2.05, 4.69) is 25.7 Å². The van der Waals surface area contributed by atoms with Crippen molar-refractivity contribution in [3.05, 3.63) is 0 Å². The largest absolute Gasteiger partial charge is 0.464 e. The van der Waals surface area contributed by atoms with Crippen molar-refractivity contribution in [3.63, 3.8) is 0 Å². The highest BCUT2D eigenvalue weighted by Crippen LogP contribution is 2.66. The number of ketones is 3. The molecule has 5 rings (SSSR count). The summed E-state index contributed by atoms with van der Waals surface area (Å²) < 4.78 is 10.9. The van der Waals surface area contributed by atoms with Gasteiger partial charge in [-0.1, -0.05) is 20.8 Å². The molecule has 7 heteroatoms. The Labute approximate surface area is 221 Å². The van der Waals surface area contributed by atoms with Crippen LogP contribution >= 0.6 is 0 Å². The molecule has 4 saturated carbocycles. The first kappa shape index (κ1) is 27.0. The van der Waals surface area contributed by atoms with Crippen LogP contribution in [-0.2, 0) is 28.7 Å². The van der Waals surface area contributed by atoms with Crippen molar-refractivity contribution in [3.8, 4) is 0 Å². The lowest BCUT2D eigenvalue weighted by Crippen LogP contribution is -2.60. The van der Waals surface area contributed by atoms with Crippen LogP contribution in [0.1, 0.15) is 78.6 Å². The zero-order valence-corrected chi connectivity index (χ0v) is 23.0. The molecule has 1 saturated heterocycles. The minimum atomic E-state index is -0.496. The first-order valence-corrected chi connectivity index (χ1v) is 14.7. The normalized spacial score (nSPS) is 41.1. The van der Waals surface area contributed by atoms with E-state index in [0.717, 1.165) is 52.1 Å². The number of carbonyl (C=O) groups excluding carboxylic acids is 4. The van der Waals surface area contributed by atoms with Crippen LogP contribution < -0.4 is 0 Å². The highest BCUT2D eigenvalue weighted by molar-refractivity contribution is 5.93. The number of rotatable bonds is 7. The van der Waals surface area contributed by atoms with Crippen LogP contribution in [-0.4, -0.2) is 67.7 Å². The van der Waals surface area contributed by atoms with Crippen molar-refractivity contribution in [2.24, 2.45) is 46.3 Å². The van der Waals surface area contributed by atoms with Crippen molar-refractivity contribution in [2.45, 2.75) is 78.6 Å². The van der Waals surface area contributed by atoms with Crippen LogP contribution in [0.2, 0.25) is 0 Å². The molecular weight excluding hydrogens is 470 g/mol. The Morgan fingerprint density at radius 2 is 1.84 bits per heavy atom. The smallest absolute Gasteiger partial charge is 0.305 e. The number of morpholine rings is 1. The first-order valence-electron chi connectivity index (χ1n) is 14.7. The van der Waals surface area contributed by atoms with Crippen molar-refractivity contribution in [1.82, 2.24) is 4.90 Å². The van der Waals surface area contributed by atoms with Gasteiger partial charge < -0.3 is 9.47 Å². The van der Waals surface area contributed by atoms with E-state index in [1.165, 1.54) is 0 Å². The Kier molecular flexibility index (Phi) is 7.67. The van der Waals surface area contributed by atoms with E-state index in [4.69, 9.17) is 9.47 Å². The molecule has 5 fully saturated rings. The molecule has 37 heavy (non-hydrogen) atoms. The first-order chi connectivity index (χ1) is 17.6. The molecule has 0 N–H and O–H groups in total. The topological polar surface area (TPSA) is 90.0 Å². The van der Waals surface area contributed by atoms with E-state index in [1.807, 2.05) is 0 Å². The number of hydrogen-bond donors (Lipinski definition) is 0. The molecule has 8 atom stereocenters. The molecule has 0 aromatic carbocycles. The van der Waals surface area contributed by atoms with Crippen LogP contribution in [0.4, 0.5) is 0 Å². The summed E-state index contributed by atoms with van der Waals surface area (Å²) in [6, 6.07) is 0. The minimum absolute atomic E-state index is 0.0560. The Hall–Kier alpha value is -1.60. The van der Waals surface area contributed by atoms with Gasteiger partial charge in [0.05, 0.1) is 13.2 Å². The maximum Gasteiger partial charge on any atom is 0.305 e. The van der Waals surface area contributed by atoms with E-state index in [9.17, 15) is 19.2 Å². The summed E-state index contributed by atoms with van der Waals surface area (Å²) >= 11 is 0. The molecule has 1 aliphatic heterocycles. The molecule has 0 aromatic heterocycles. The van der Waals surface area contributed by atoms with Gasteiger partial charge in [0.2, 0.25) is 0 Å². The average Bonchev–Trinajstić information content (AvgIpc) is 3.23. The van der Waals surface area contributed by atoms with Crippen molar-refractivity contribution in [2.75, 3.05) is 39.5 Å². The zero-order chi connectivity index (χ0) is 26.4. The number of nitrogens with zero attached hydrogens (tertiary/aromatic N) is 1. The molecule has 1 heterocycles. The third-order valence-electron chi connectivity index (χ3n) is 11.5. The Bertz CT molecular complexity index is 927. The van der Waals surface area contributed by atoms with E-state index < -0.39 is 5.41 Å². The summed E-state index contributed by atoms with van der Waals surface area (Å²) in [4.78, 5) is 54.3. The molecule has 0 radical (unpaired) electrons. The highest BCUT2D eigenvalue weighted by atomic mass is 16.5. The van der Waals surface area contributed by atoms with E-state index in [0.29, 0.717) is 56.7 Å². The molecule has 0 unspecified atom stereocenters. The Morgan fingerprint density at radius 3 is 2.59 bits per heavy atom. The van der Waals surface area contributed by atoms with Gasteiger partial charge in [0, 0.05) is 63.1 Å². The summed E-state index contributed by atoms with van der Waals surface area (Å²) in [5.74, 6) is 1.34. The SMILES string of the molecule is C[C@@H](CCC(=O)OCCN1CCOCC1)[C@H]1CC[C@H]2[C@@H]3C(=O)C[C@@H]4CC(=O)CC[C@]4(C)[C@H]3CC(=O)[C@]12C. The van der Waals surface area contributed by atoms with Gasteiger partial charge in [-0.05, 0) is 60.7 Å². The van der Waals surface area contributed by atoms with E-state index in [1.54, 1.807) is 0 Å². The second-order valence-corrected chi connectivity index (χ2v) is 13.1. The summed E-state index contributed by atoms with van der Waals surface area (Å²) in [5.41, 5.74) is -0.581. The molecule has 0 bridgehead atoms. The van der Waals surface area contributed by atoms with Gasteiger partial charge in [-0.2, -0.15) is 0 Å². The lowest BCUT2D eigenvalue weighted by atomic mass is 9.44. The molecule has 0 spiro atoms. The number of hydrogen-bond acceptors (Lipinski definition) is 7. The van der Waals surface area contributed by atoms with E-state index in [-0.39, 0.29) is 52.7 Å². The maximum absolute atomic E-state index is 13.9. The molecule has 0 amide bonds. The van der Waals surface area contributed by atoms with Crippen LogP contribution in [0, 0.1) is 46.3 Å². The standard InChI is InChI=1S/C30H45NO6/c1-19(4-7-27(35)37-15-12-31-10-13-36-14-11-31)22-5-6-23-28-24(18-26(34)30(22,23)3)29(2)9-8-21(32)16-20(29)17-25(28)33/h19-20,22-24,28H,4-18H2,1-3H3/t19-,20-,22+,23-,24-,28-,29-,30+/m0/s1. The van der Waals surface area contributed by atoms with Gasteiger partial charge in [0.25, 0.3) is 0 Å². The fourth-order valence-corrected chi connectivity index (χ4v) is 9.12. The van der Waals surface area contributed by atoms with Gasteiger partial charge in [0.15, 0.2) is 0 Å². The second kappa shape index (κ2) is 10.5. The van der Waals surface area contributed by atoms with Crippen LogP contribution in [0.25, 0.3) is 0 Å². The van der Waals surface area contributed by atoms with Crippen molar-refractivity contribution in [1.29, 1.82) is 0 Å². The van der Waals surface area contributed by atoms with Crippen LogP contribution in [0.15, 0.2) is 0 Å². The van der Waals surface area contributed by atoms with Crippen LogP contribution in [0.3, 0.4) is 0 Å². The van der Waals surface area contributed by atoms with Gasteiger partial charge in [-0.15, -0.1) is 0 Å². The monoisotopic (exact) mass is 515 g/mol. The highest BCUT2D eigenvalue weighted by Gasteiger charge is 2.66. The third kappa shape index (κ3) is 4.84. The molecule has 206 valence electrons. The fourth-order valence-electron chi connectivity index (χ4n) is 9.12. The number of fused-ring (bicyclic) bond motifs is 5. The summed E-state index contributed by atoms with van der Waals surface area (Å²) in [7, 11) is 0. The lowest BCUT2D eigenvalue weighted by molar-refractivity contribution is -0.166. The minimum Gasteiger partial charge on any atom is -0.464 e. The van der Waals surface area contributed by atoms with Gasteiger partial charge in [0.1, 0.15) is 24.0 Å². The number of carbonyl (C=O) groups is 4. The predicted octanol–water partition coefficient (Wildman–Crippen LogP) is 3.86. The number of ether oxygens (including phenoxy) is 2. The number of esters is 1. The molecular formula is C30H45NO6. The van der Waals surface area contributed by atoms with Gasteiger partial charge in [-0.3, -0.25) is 24.1 Å². The van der Waals surface area contributed by atoms with Crippen LogP contribution in [0.5, 0.6) is 0 Å². The van der Waals surface area contributed by atoms with Gasteiger partial charge in [-0.25, -0.2) is 0 Å². The fraction of sp³-hybridized carbons (Fsp3) is 0.867. The quantitative estimate of drug-likeness (QED) is 0.476. The number of Topliss-reactive ketones (excluding diaryl/α,β-unsaturated/α-hetero) is 3. The molecule has 4 aliphatic carbocycles. The van der Waals surface area contributed by atoms with E-state index >= 15 is 0 Å². The summed E-state index contributed by atoms with van der Waals surface area (Å²) in [5, 5.41) is 0. The van der Waals surface area contributed by atoms with Crippen molar-refractivity contribution >= 4 is 23.3 Å².